The highest BCUT2D eigenvalue weighted by Crippen LogP contribution is 2.12. The number of nitrogens with one attached hydrogen (secondary N) is 4. The third-order valence-corrected chi connectivity index (χ3v) is 5.91. The van der Waals surface area contributed by atoms with Gasteiger partial charge in [0.25, 0.3) is 0 Å². The molecule has 0 radical (unpaired) electrons. The average Bonchev–Trinajstić information content (AvgIpc) is 2.80. The van der Waals surface area contributed by atoms with E-state index in [9.17, 15) is 24.0 Å². The predicted octanol–water partition coefficient (Wildman–Crippen LogP) is 0.544. The van der Waals surface area contributed by atoms with E-state index in [1.54, 1.807) is 0 Å². The molecule has 0 unspecified atom stereocenters. The first kappa shape index (κ1) is 30.0. The van der Waals surface area contributed by atoms with Crippen LogP contribution < -0.4 is 21.3 Å². The van der Waals surface area contributed by atoms with Crippen LogP contribution in [-0.2, 0) is 35.1 Å². The quantitative estimate of drug-likeness (QED) is 0.212. The van der Waals surface area contributed by atoms with E-state index in [2.05, 4.69) is 21.3 Å². The maximum absolute atomic E-state index is 13.0. The molecule has 1 aromatic carbocycles. The molecule has 0 saturated carbocycles. The van der Waals surface area contributed by atoms with Gasteiger partial charge in [0.15, 0.2) is 0 Å². The van der Waals surface area contributed by atoms with Gasteiger partial charge in [-0.15, -0.1) is 0 Å². The molecule has 35 heavy (non-hydrogen) atoms. The number of carbonyl (C=O) groups excluding carboxylic acids is 5. The second-order valence-corrected chi connectivity index (χ2v) is 10.0. The zero-order valence-corrected chi connectivity index (χ0v) is 21.9. The Morgan fingerprint density at radius 1 is 0.971 bits per heavy atom. The van der Waals surface area contributed by atoms with Crippen LogP contribution in [0.5, 0.6) is 0 Å². The van der Waals surface area contributed by atoms with E-state index in [0.717, 1.165) is 5.56 Å². The molecule has 0 bridgehead atoms. The lowest BCUT2D eigenvalue weighted by Crippen LogP contribution is -2.65. The van der Waals surface area contributed by atoms with Crippen molar-refractivity contribution in [1.29, 1.82) is 0 Å². The number of benzene rings is 1. The van der Waals surface area contributed by atoms with Crippen LogP contribution in [0.3, 0.4) is 0 Å². The minimum absolute atomic E-state index is 0.214. The summed E-state index contributed by atoms with van der Waals surface area (Å²) in [6.07, 6.45) is 2.93. The minimum Gasteiger partial charge on any atom is -0.467 e. The van der Waals surface area contributed by atoms with E-state index in [1.165, 1.54) is 46.6 Å². The monoisotopic (exact) mass is 508 g/mol. The zero-order valence-electron chi connectivity index (χ0n) is 21.1. The Morgan fingerprint density at radius 3 is 2.11 bits per heavy atom. The molecular formula is C24H36N4O6S. The lowest BCUT2D eigenvalue weighted by molar-refractivity contribution is -0.146. The summed E-state index contributed by atoms with van der Waals surface area (Å²) in [6.45, 7) is 5.97. The molecule has 4 N–H and O–H groups in total. The number of hydrogen-bond donors (Lipinski definition) is 4. The van der Waals surface area contributed by atoms with Crippen LogP contribution in [0.15, 0.2) is 30.3 Å². The fourth-order valence-corrected chi connectivity index (χ4v) is 3.55. The van der Waals surface area contributed by atoms with Crippen molar-refractivity contribution in [3.8, 4) is 0 Å². The molecule has 0 fully saturated rings. The molecule has 10 nitrogen and oxygen atoms in total. The van der Waals surface area contributed by atoms with Crippen LogP contribution in [0.4, 0.5) is 0 Å². The number of ether oxygens (including phenoxy) is 1. The van der Waals surface area contributed by atoms with Crippen LogP contribution in [0.25, 0.3) is 0 Å². The van der Waals surface area contributed by atoms with Crippen molar-refractivity contribution in [2.75, 3.05) is 19.1 Å². The molecule has 4 amide bonds. The third kappa shape index (κ3) is 9.59. The van der Waals surface area contributed by atoms with E-state index < -0.39 is 46.9 Å². The molecule has 0 aliphatic carbocycles. The van der Waals surface area contributed by atoms with E-state index in [4.69, 9.17) is 4.74 Å². The SMILES string of the molecule is COC(=O)[C@H](Cc1ccccc1)NC(=O)C(C)(C)NC(=O)C(C)(C)NC(=O)[C@H](CCSC)NC=O. The highest BCUT2D eigenvalue weighted by atomic mass is 32.2. The summed E-state index contributed by atoms with van der Waals surface area (Å²) >= 11 is 1.52. The van der Waals surface area contributed by atoms with Gasteiger partial charge in [0.05, 0.1) is 7.11 Å². The number of esters is 1. The average molecular weight is 509 g/mol. The van der Waals surface area contributed by atoms with Crippen molar-refractivity contribution in [3.05, 3.63) is 35.9 Å². The summed E-state index contributed by atoms with van der Waals surface area (Å²) in [5.74, 6) is -1.69. The third-order valence-electron chi connectivity index (χ3n) is 5.27. The van der Waals surface area contributed by atoms with Crippen LogP contribution in [0.1, 0.15) is 39.7 Å². The smallest absolute Gasteiger partial charge is 0.328 e. The summed E-state index contributed by atoms with van der Waals surface area (Å²) in [5.41, 5.74) is -1.97. The minimum atomic E-state index is -1.42. The van der Waals surface area contributed by atoms with Crippen LogP contribution in [0, 0.1) is 0 Å². The van der Waals surface area contributed by atoms with Gasteiger partial charge in [-0.05, 0) is 51.7 Å². The molecule has 1 rings (SSSR count). The zero-order chi connectivity index (χ0) is 26.6. The summed E-state index contributed by atoms with van der Waals surface area (Å²) < 4.78 is 4.83. The van der Waals surface area contributed by atoms with Crippen LogP contribution in [-0.4, -0.2) is 72.4 Å². The molecule has 194 valence electrons. The highest BCUT2D eigenvalue weighted by Gasteiger charge is 2.39. The van der Waals surface area contributed by atoms with Gasteiger partial charge < -0.3 is 26.0 Å². The predicted molar refractivity (Wildman–Crippen MR) is 135 cm³/mol. The van der Waals surface area contributed by atoms with Gasteiger partial charge in [-0.25, -0.2) is 4.79 Å². The van der Waals surface area contributed by atoms with Crippen molar-refractivity contribution in [2.24, 2.45) is 0 Å². The summed E-state index contributed by atoms with van der Waals surface area (Å²) in [5, 5.41) is 10.4. The van der Waals surface area contributed by atoms with Gasteiger partial charge >= 0.3 is 5.97 Å². The van der Waals surface area contributed by atoms with E-state index in [0.29, 0.717) is 18.6 Å². The normalized spacial score (nSPS) is 13.1. The number of amides is 4. The maximum Gasteiger partial charge on any atom is 0.328 e. The highest BCUT2D eigenvalue weighted by molar-refractivity contribution is 7.98. The second-order valence-electron chi connectivity index (χ2n) is 9.05. The molecule has 11 heteroatoms. The van der Waals surface area contributed by atoms with Crippen molar-refractivity contribution >= 4 is 41.9 Å². The summed E-state index contributed by atoms with van der Waals surface area (Å²) in [6, 6.07) is 7.39. The molecule has 0 saturated heterocycles. The molecule has 0 aromatic heterocycles. The molecule has 0 heterocycles. The van der Waals surface area contributed by atoms with Gasteiger partial charge in [-0.1, -0.05) is 30.3 Å². The van der Waals surface area contributed by atoms with Gasteiger partial charge in [0.2, 0.25) is 24.1 Å². The standard InChI is InChI=1S/C24H36N4O6S/c1-23(2,21(32)26-18(20(31)34-5)14-16-10-8-7-9-11-16)28-22(33)24(3,4)27-19(30)17(25-15-29)12-13-35-6/h7-11,15,17-18H,12-14H2,1-6H3,(H,25,29)(H,26,32)(H,27,30)(H,28,33)/t17-,18-/m0/s1. The molecular weight excluding hydrogens is 472 g/mol. The molecule has 0 aliphatic heterocycles. The number of thioether (sulfide) groups is 1. The van der Waals surface area contributed by atoms with Gasteiger partial charge in [0.1, 0.15) is 23.2 Å². The lowest BCUT2D eigenvalue weighted by atomic mass is 9.97. The fourth-order valence-electron chi connectivity index (χ4n) is 3.08. The summed E-state index contributed by atoms with van der Waals surface area (Å²) in [7, 11) is 1.23. The largest absolute Gasteiger partial charge is 0.467 e. The van der Waals surface area contributed by atoms with Crippen LogP contribution >= 0.6 is 11.8 Å². The molecule has 0 aliphatic rings. The van der Waals surface area contributed by atoms with Gasteiger partial charge in [-0.3, -0.25) is 19.2 Å². The maximum atomic E-state index is 13.0. The Bertz CT molecular complexity index is 891. The molecule has 0 spiro atoms. The van der Waals surface area contributed by atoms with Crippen molar-refractivity contribution in [2.45, 2.75) is 63.7 Å². The van der Waals surface area contributed by atoms with E-state index in [1.807, 2.05) is 36.6 Å². The Kier molecular flexibility index (Phi) is 11.7. The first-order valence-electron chi connectivity index (χ1n) is 11.1. The number of rotatable bonds is 14. The number of hydrogen-bond acceptors (Lipinski definition) is 7. The first-order valence-corrected chi connectivity index (χ1v) is 12.5. The van der Waals surface area contributed by atoms with Crippen molar-refractivity contribution < 1.29 is 28.7 Å². The van der Waals surface area contributed by atoms with Gasteiger partial charge in [-0.2, -0.15) is 11.8 Å². The first-order chi connectivity index (χ1) is 16.4. The van der Waals surface area contributed by atoms with E-state index in [-0.39, 0.29) is 6.42 Å². The molecule has 2 atom stereocenters. The van der Waals surface area contributed by atoms with Crippen molar-refractivity contribution in [3.63, 3.8) is 0 Å². The van der Waals surface area contributed by atoms with E-state index >= 15 is 0 Å². The van der Waals surface area contributed by atoms with Crippen molar-refractivity contribution in [1.82, 2.24) is 21.3 Å². The fraction of sp³-hybridized carbons (Fsp3) is 0.542. The Hall–Kier alpha value is -3.08. The molecule has 1 aromatic rings. The Balaban J connectivity index is 2.88. The Morgan fingerprint density at radius 2 is 1.57 bits per heavy atom. The summed E-state index contributed by atoms with van der Waals surface area (Å²) in [4.78, 5) is 61.8. The number of carbonyl (C=O) groups is 5. The van der Waals surface area contributed by atoms with Gasteiger partial charge in [0, 0.05) is 6.42 Å². The van der Waals surface area contributed by atoms with Crippen LogP contribution in [0.2, 0.25) is 0 Å². The topological polar surface area (TPSA) is 143 Å². The Labute approximate surface area is 210 Å². The number of methoxy groups -OCH3 is 1. The second kappa shape index (κ2) is 13.7. The lowest BCUT2D eigenvalue weighted by Gasteiger charge is -2.33.